The quantitative estimate of drug-likeness (QED) is 0.440. The summed E-state index contributed by atoms with van der Waals surface area (Å²) in [6.45, 7) is 0.893. The summed E-state index contributed by atoms with van der Waals surface area (Å²) < 4.78 is 40.5. The number of amides is 1. The lowest BCUT2D eigenvalue weighted by Gasteiger charge is -2.24. The van der Waals surface area contributed by atoms with Crippen LogP contribution in [0.25, 0.3) is 0 Å². The Morgan fingerprint density at radius 2 is 1.68 bits per heavy atom. The molecule has 3 aromatic rings. The molecule has 31 heavy (non-hydrogen) atoms. The van der Waals surface area contributed by atoms with Crippen molar-refractivity contribution in [1.82, 2.24) is 0 Å². The fourth-order valence-electron chi connectivity index (χ4n) is 2.92. The molecule has 0 aliphatic carbocycles. The molecule has 0 fully saturated rings. The molecule has 3 rings (SSSR count). The summed E-state index contributed by atoms with van der Waals surface area (Å²) in [6.07, 6.45) is 0. The summed E-state index contributed by atoms with van der Waals surface area (Å²) in [5.41, 5.74) is 0.509. The van der Waals surface area contributed by atoms with Gasteiger partial charge in [-0.05, 0) is 49.4 Å². The van der Waals surface area contributed by atoms with E-state index in [1.807, 2.05) is 0 Å². The number of sulfonamides is 1. The number of para-hydroxylation sites is 1. The third-order valence-corrected chi connectivity index (χ3v) is 6.30. The molecular formula is C21H18FN3O5S. The topological polar surface area (TPSA) is 110 Å². The zero-order valence-electron chi connectivity index (χ0n) is 16.4. The van der Waals surface area contributed by atoms with Crippen LogP contribution in [0.15, 0.2) is 77.7 Å². The van der Waals surface area contributed by atoms with E-state index >= 15 is 0 Å². The molecule has 3 aromatic carbocycles. The van der Waals surface area contributed by atoms with Crippen LogP contribution in [-0.2, 0) is 14.8 Å². The lowest BCUT2D eigenvalue weighted by molar-refractivity contribution is -0.385. The number of benzene rings is 3. The lowest BCUT2D eigenvalue weighted by atomic mass is 10.1. The van der Waals surface area contributed by atoms with E-state index in [1.165, 1.54) is 37.3 Å². The first-order valence-electron chi connectivity index (χ1n) is 9.07. The average molecular weight is 443 g/mol. The molecule has 0 saturated heterocycles. The van der Waals surface area contributed by atoms with Crippen LogP contribution < -0.4 is 9.62 Å². The van der Waals surface area contributed by atoms with Crippen LogP contribution in [0.4, 0.5) is 21.5 Å². The predicted octanol–water partition coefficient (Wildman–Crippen LogP) is 3.88. The van der Waals surface area contributed by atoms with Crippen molar-refractivity contribution in [3.63, 3.8) is 0 Å². The monoisotopic (exact) mass is 443 g/mol. The van der Waals surface area contributed by atoms with Gasteiger partial charge >= 0.3 is 0 Å². The van der Waals surface area contributed by atoms with Crippen molar-refractivity contribution >= 4 is 33.0 Å². The molecule has 1 amide bonds. The zero-order chi connectivity index (χ0) is 22.6. The van der Waals surface area contributed by atoms with Crippen LogP contribution in [0.1, 0.15) is 5.56 Å². The van der Waals surface area contributed by atoms with Gasteiger partial charge in [0.2, 0.25) is 5.91 Å². The van der Waals surface area contributed by atoms with Crippen molar-refractivity contribution in [3.8, 4) is 0 Å². The molecule has 0 unspecified atom stereocenters. The highest BCUT2D eigenvalue weighted by atomic mass is 32.2. The second-order valence-corrected chi connectivity index (χ2v) is 8.42. The highest BCUT2D eigenvalue weighted by Gasteiger charge is 2.27. The van der Waals surface area contributed by atoms with E-state index in [2.05, 4.69) is 5.32 Å². The predicted molar refractivity (Wildman–Crippen MR) is 114 cm³/mol. The number of carbonyl (C=O) groups excluding carboxylic acids is 1. The van der Waals surface area contributed by atoms with Gasteiger partial charge in [-0.15, -0.1) is 0 Å². The van der Waals surface area contributed by atoms with E-state index < -0.39 is 33.2 Å². The molecule has 0 aliphatic rings. The van der Waals surface area contributed by atoms with Gasteiger partial charge in [-0.2, -0.15) is 0 Å². The largest absolute Gasteiger partial charge is 0.324 e. The highest BCUT2D eigenvalue weighted by Crippen LogP contribution is 2.26. The van der Waals surface area contributed by atoms with Crippen LogP contribution in [0.2, 0.25) is 0 Å². The van der Waals surface area contributed by atoms with Gasteiger partial charge in [0.1, 0.15) is 12.4 Å². The Bertz CT molecular complexity index is 1220. The van der Waals surface area contributed by atoms with Crippen LogP contribution >= 0.6 is 0 Å². The van der Waals surface area contributed by atoms with Gasteiger partial charge in [0, 0.05) is 6.07 Å². The van der Waals surface area contributed by atoms with Crippen LogP contribution in [0.3, 0.4) is 0 Å². The fourth-order valence-corrected chi connectivity index (χ4v) is 4.34. The number of anilines is 2. The van der Waals surface area contributed by atoms with Crippen molar-refractivity contribution < 1.29 is 22.5 Å². The number of hydrogen-bond donors (Lipinski definition) is 1. The summed E-state index contributed by atoms with van der Waals surface area (Å²) in [6, 6.07) is 16.4. The molecule has 1 N–H and O–H groups in total. The van der Waals surface area contributed by atoms with E-state index in [-0.39, 0.29) is 27.5 Å². The number of rotatable bonds is 7. The number of nitrogens with zero attached hydrogens (tertiary/aromatic N) is 2. The molecule has 0 bridgehead atoms. The smallest absolute Gasteiger partial charge is 0.274 e. The molecule has 0 radical (unpaired) electrons. The number of carbonyl (C=O) groups is 1. The van der Waals surface area contributed by atoms with Gasteiger partial charge in [-0.3, -0.25) is 19.2 Å². The Hall–Kier alpha value is -3.79. The van der Waals surface area contributed by atoms with Crippen molar-refractivity contribution in [2.45, 2.75) is 11.8 Å². The Morgan fingerprint density at radius 3 is 2.29 bits per heavy atom. The summed E-state index contributed by atoms with van der Waals surface area (Å²) >= 11 is 0. The maximum absolute atomic E-state index is 13.3. The normalized spacial score (nSPS) is 11.0. The van der Waals surface area contributed by atoms with E-state index in [1.54, 1.807) is 18.2 Å². The first-order valence-corrected chi connectivity index (χ1v) is 10.5. The maximum atomic E-state index is 13.3. The average Bonchev–Trinajstić information content (AvgIpc) is 2.74. The Labute approximate surface area is 178 Å². The standard InChI is InChI=1S/C21H18FN3O5S/c1-15-19(8-5-9-20(15)25(27)28)23-21(26)14-24(17-6-3-2-4-7-17)31(29,30)18-12-10-16(22)11-13-18/h2-13H,14H2,1H3,(H,23,26). The summed E-state index contributed by atoms with van der Waals surface area (Å²) in [5.74, 6) is -1.29. The van der Waals surface area contributed by atoms with Crippen molar-refractivity contribution in [1.29, 1.82) is 0 Å². The van der Waals surface area contributed by atoms with Gasteiger partial charge in [-0.25, -0.2) is 12.8 Å². The van der Waals surface area contributed by atoms with E-state index in [9.17, 15) is 27.7 Å². The Balaban J connectivity index is 1.93. The van der Waals surface area contributed by atoms with E-state index in [0.29, 0.717) is 0 Å². The Morgan fingerprint density at radius 1 is 1.03 bits per heavy atom. The first kappa shape index (κ1) is 21.9. The zero-order valence-corrected chi connectivity index (χ0v) is 17.2. The summed E-state index contributed by atoms with van der Waals surface area (Å²) in [7, 11) is -4.19. The maximum Gasteiger partial charge on any atom is 0.274 e. The number of nitrogens with one attached hydrogen (secondary N) is 1. The molecule has 160 valence electrons. The van der Waals surface area contributed by atoms with Crippen molar-refractivity contribution in [3.05, 3.63) is 94.3 Å². The third kappa shape index (κ3) is 4.86. The molecule has 0 atom stereocenters. The van der Waals surface area contributed by atoms with Gasteiger partial charge in [0.05, 0.1) is 26.8 Å². The second-order valence-electron chi connectivity index (χ2n) is 6.56. The van der Waals surface area contributed by atoms with E-state index in [0.717, 1.165) is 28.6 Å². The minimum Gasteiger partial charge on any atom is -0.324 e. The lowest BCUT2D eigenvalue weighted by Crippen LogP contribution is -2.38. The molecule has 0 aliphatic heterocycles. The second kappa shape index (κ2) is 8.92. The fraction of sp³-hybridized carbons (Fsp3) is 0.0952. The van der Waals surface area contributed by atoms with Crippen molar-refractivity contribution in [2.75, 3.05) is 16.2 Å². The molecular weight excluding hydrogens is 425 g/mol. The molecule has 0 aromatic heterocycles. The number of hydrogen-bond acceptors (Lipinski definition) is 5. The molecule has 0 heterocycles. The van der Waals surface area contributed by atoms with Gasteiger partial charge in [0.25, 0.3) is 15.7 Å². The molecule has 0 spiro atoms. The molecule has 8 nitrogen and oxygen atoms in total. The number of nitro groups is 1. The van der Waals surface area contributed by atoms with Crippen molar-refractivity contribution in [2.24, 2.45) is 0 Å². The van der Waals surface area contributed by atoms with Crippen LogP contribution in [0.5, 0.6) is 0 Å². The minimum atomic E-state index is -4.19. The number of nitro benzene ring substituents is 1. The van der Waals surface area contributed by atoms with Crippen LogP contribution in [-0.4, -0.2) is 25.8 Å². The molecule has 0 saturated carbocycles. The van der Waals surface area contributed by atoms with Gasteiger partial charge < -0.3 is 5.32 Å². The SMILES string of the molecule is Cc1c(NC(=O)CN(c2ccccc2)S(=O)(=O)c2ccc(F)cc2)cccc1[N+](=O)[O-]. The molecule has 10 heteroatoms. The van der Waals surface area contributed by atoms with E-state index in [4.69, 9.17) is 0 Å². The van der Waals surface area contributed by atoms with Crippen LogP contribution in [0, 0.1) is 22.9 Å². The summed E-state index contributed by atoms with van der Waals surface area (Å²) in [5, 5.41) is 13.6. The minimum absolute atomic E-state index is 0.170. The van der Waals surface area contributed by atoms with Gasteiger partial charge in [0.15, 0.2) is 0 Å². The first-order chi connectivity index (χ1) is 14.7. The Kier molecular flexibility index (Phi) is 6.30. The highest BCUT2D eigenvalue weighted by molar-refractivity contribution is 7.92. The van der Waals surface area contributed by atoms with Gasteiger partial charge in [-0.1, -0.05) is 24.3 Å². The third-order valence-electron chi connectivity index (χ3n) is 4.51. The number of halogens is 1. The summed E-state index contributed by atoms with van der Waals surface area (Å²) in [4.78, 5) is 23.1.